The van der Waals surface area contributed by atoms with Crippen molar-refractivity contribution in [1.29, 1.82) is 0 Å². The molecule has 2 N–H and O–H groups in total. The lowest BCUT2D eigenvalue weighted by Crippen LogP contribution is -2.45. The van der Waals surface area contributed by atoms with Crippen molar-refractivity contribution in [1.82, 2.24) is 10.2 Å². The molecule has 2 atom stereocenters. The Balaban J connectivity index is 2.55. The van der Waals surface area contributed by atoms with Crippen molar-refractivity contribution in [3.05, 3.63) is 29.8 Å². The fourth-order valence-electron chi connectivity index (χ4n) is 2.95. The van der Waals surface area contributed by atoms with E-state index < -0.39 is 12.1 Å². The molecule has 0 aromatic heterocycles. The average Bonchev–Trinajstić information content (AvgIpc) is 2.78. The SMILES string of the molecule is CCCOCCCN(CCOc1ccc(CC(OCC)C(=O)O)cc1)C(=O)NC(C)CC. The van der Waals surface area contributed by atoms with Gasteiger partial charge >= 0.3 is 12.0 Å². The van der Waals surface area contributed by atoms with Crippen LogP contribution in [0.4, 0.5) is 4.79 Å². The Morgan fingerprint density at radius 1 is 1.06 bits per heavy atom. The second-order valence-electron chi connectivity index (χ2n) is 7.69. The number of carbonyl (C=O) groups excluding carboxylic acids is 1. The highest BCUT2D eigenvalue weighted by atomic mass is 16.5. The number of hydrogen-bond acceptors (Lipinski definition) is 5. The molecule has 0 aliphatic heterocycles. The number of carbonyl (C=O) groups is 2. The van der Waals surface area contributed by atoms with Gasteiger partial charge in [0.2, 0.25) is 0 Å². The lowest BCUT2D eigenvalue weighted by atomic mass is 10.1. The van der Waals surface area contributed by atoms with Gasteiger partial charge in [-0.05, 0) is 50.8 Å². The minimum atomic E-state index is -0.969. The summed E-state index contributed by atoms with van der Waals surface area (Å²) in [4.78, 5) is 25.6. The lowest BCUT2D eigenvalue weighted by molar-refractivity contribution is -0.149. The zero-order chi connectivity index (χ0) is 23.8. The minimum absolute atomic E-state index is 0.0931. The van der Waals surface area contributed by atoms with Crippen LogP contribution < -0.4 is 10.1 Å². The third-order valence-electron chi connectivity index (χ3n) is 4.95. The largest absolute Gasteiger partial charge is 0.492 e. The number of carboxylic acid groups (broad SMARTS) is 1. The molecular formula is C24H40N2O6. The molecule has 0 fully saturated rings. The summed E-state index contributed by atoms with van der Waals surface area (Å²) in [6.45, 7) is 11.0. The van der Waals surface area contributed by atoms with Gasteiger partial charge in [0.1, 0.15) is 12.4 Å². The van der Waals surface area contributed by atoms with Crippen LogP contribution in [0, 0.1) is 0 Å². The van der Waals surface area contributed by atoms with Gasteiger partial charge in [-0.2, -0.15) is 0 Å². The number of benzene rings is 1. The van der Waals surface area contributed by atoms with Gasteiger partial charge in [-0.1, -0.05) is 26.0 Å². The molecule has 0 aliphatic carbocycles. The summed E-state index contributed by atoms with van der Waals surface area (Å²) in [5.74, 6) is -0.298. The predicted molar refractivity (Wildman–Crippen MR) is 124 cm³/mol. The van der Waals surface area contributed by atoms with Gasteiger partial charge in [-0.25, -0.2) is 9.59 Å². The first-order chi connectivity index (χ1) is 15.4. The number of amides is 2. The smallest absolute Gasteiger partial charge is 0.333 e. The number of rotatable bonds is 17. The van der Waals surface area contributed by atoms with E-state index in [0.717, 1.165) is 31.4 Å². The molecule has 2 amide bonds. The number of carboxylic acids is 1. The van der Waals surface area contributed by atoms with Crippen LogP contribution in [0.1, 0.15) is 52.5 Å². The summed E-state index contributed by atoms with van der Waals surface area (Å²) in [5, 5.41) is 12.2. The van der Waals surface area contributed by atoms with Gasteiger partial charge in [-0.3, -0.25) is 0 Å². The monoisotopic (exact) mass is 452 g/mol. The maximum atomic E-state index is 12.6. The van der Waals surface area contributed by atoms with E-state index in [4.69, 9.17) is 14.2 Å². The Morgan fingerprint density at radius 3 is 2.38 bits per heavy atom. The Morgan fingerprint density at radius 2 is 1.78 bits per heavy atom. The second-order valence-corrected chi connectivity index (χ2v) is 7.69. The molecule has 32 heavy (non-hydrogen) atoms. The Bertz CT molecular complexity index is 652. The summed E-state index contributed by atoms with van der Waals surface area (Å²) >= 11 is 0. The average molecular weight is 453 g/mol. The van der Waals surface area contributed by atoms with Crippen molar-refractivity contribution in [2.45, 2.75) is 65.5 Å². The van der Waals surface area contributed by atoms with Crippen molar-refractivity contribution in [2.75, 3.05) is 39.5 Å². The summed E-state index contributed by atoms with van der Waals surface area (Å²) < 4.78 is 16.6. The molecule has 1 aromatic carbocycles. The van der Waals surface area contributed by atoms with Gasteiger partial charge in [0.25, 0.3) is 0 Å². The van der Waals surface area contributed by atoms with Gasteiger partial charge in [0.05, 0.1) is 6.54 Å². The number of aliphatic carboxylic acids is 1. The summed E-state index contributed by atoms with van der Waals surface area (Å²) in [6.07, 6.45) is 2.06. The number of nitrogens with one attached hydrogen (secondary N) is 1. The summed E-state index contributed by atoms with van der Waals surface area (Å²) in [6, 6.07) is 7.31. The van der Waals surface area contributed by atoms with E-state index in [1.54, 1.807) is 11.8 Å². The Labute approximate surface area is 192 Å². The molecule has 2 unspecified atom stereocenters. The Kier molecular flexibility index (Phi) is 14.1. The quantitative estimate of drug-likeness (QED) is 0.350. The highest BCUT2D eigenvalue weighted by Gasteiger charge is 2.18. The van der Waals surface area contributed by atoms with Crippen molar-refractivity contribution in [2.24, 2.45) is 0 Å². The van der Waals surface area contributed by atoms with Crippen LogP contribution in [0.2, 0.25) is 0 Å². The normalized spacial score (nSPS) is 12.8. The van der Waals surface area contributed by atoms with E-state index in [-0.39, 0.29) is 12.1 Å². The molecular weight excluding hydrogens is 412 g/mol. The second kappa shape index (κ2) is 16.3. The van der Waals surface area contributed by atoms with E-state index in [1.807, 2.05) is 38.1 Å². The predicted octanol–water partition coefficient (Wildman–Crippen LogP) is 3.72. The number of urea groups is 1. The van der Waals surface area contributed by atoms with Gasteiger partial charge < -0.3 is 29.5 Å². The first kappa shape index (κ1) is 27.7. The van der Waals surface area contributed by atoms with Crippen molar-refractivity contribution in [3.8, 4) is 5.75 Å². The fraction of sp³-hybridized carbons (Fsp3) is 0.667. The van der Waals surface area contributed by atoms with Crippen LogP contribution in [-0.4, -0.2) is 73.7 Å². The van der Waals surface area contributed by atoms with E-state index in [1.165, 1.54) is 0 Å². The molecule has 182 valence electrons. The van der Waals surface area contributed by atoms with E-state index in [9.17, 15) is 14.7 Å². The Hall–Kier alpha value is -2.32. The van der Waals surface area contributed by atoms with Crippen molar-refractivity contribution < 1.29 is 28.9 Å². The van der Waals surface area contributed by atoms with E-state index in [0.29, 0.717) is 45.1 Å². The first-order valence-corrected chi connectivity index (χ1v) is 11.6. The fourth-order valence-corrected chi connectivity index (χ4v) is 2.95. The van der Waals surface area contributed by atoms with Gasteiger partial charge in [-0.15, -0.1) is 0 Å². The molecule has 0 saturated heterocycles. The summed E-state index contributed by atoms with van der Waals surface area (Å²) in [7, 11) is 0. The first-order valence-electron chi connectivity index (χ1n) is 11.6. The molecule has 0 bridgehead atoms. The van der Waals surface area contributed by atoms with Gasteiger partial charge in [0.15, 0.2) is 6.10 Å². The molecule has 0 heterocycles. The molecule has 8 heteroatoms. The molecule has 0 saturated carbocycles. The van der Waals surface area contributed by atoms with Crippen LogP contribution in [-0.2, 0) is 20.7 Å². The molecule has 0 spiro atoms. The highest BCUT2D eigenvalue weighted by Crippen LogP contribution is 2.15. The topological polar surface area (TPSA) is 97.3 Å². The zero-order valence-electron chi connectivity index (χ0n) is 20.0. The molecule has 8 nitrogen and oxygen atoms in total. The van der Waals surface area contributed by atoms with Crippen LogP contribution in [0.5, 0.6) is 5.75 Å². The van der Waals surface area contributed by atoms with Crippen LogP contribution in [0.15, 0.2) is 24.3 Å². The zero-order valence-corrected chi connectivity index (χ0v) is 20.0. The third-order valence-corrected chi connectivity index (χ3v) is 4.95. The minimum Gasteiger partial charge on any atom is -0.492 e. The highest BCUT2D eigenvalue weighted by molar-refractivity contribution is 5.74. The maximum Gasteiger partial charge on any atom is 0.333 e. The maximum absolute atomic E-state index is 12.6. The van der Waals surface area contributed by atoms with Crippen LogP contribution in [0.3, 0.4) is 0 Å². The molecule has 1 rings (SSSR count). The lowest BCUT2D eigenvalue weighted by Gasteiger charge is -2.25. The number of ether oxygens (including phenoxy) is 3. The summed E-state index contributed by atoms with van der Waals surface area (Å²) in [5.41, 5.74) is 0.861. The number of nitrogens with zero attached hydrogens (tertiary/aromatic N) is 1. The van der Waals surface area contributed by atoms with Gasteiger partial charge in [0, 0.05) is 38.8 Å². The van der Waals surface area contributed by atoms with E-state index >= 15 is 0 Å². The standard InChI is InChI=1S/C24H40N2O6/c1-5-15-30-16-8-13-26(24(29)25-19(4)6-2)14-17-32-21-11-9-20(10-12-21)18-22(23(27)28)31-7-3/h9-12,19,22H,5-8,13-18H2,1-4H3,(H,25,29)(H,27,28). The van der Waals surface area contributed by atoms with Crippen molar-refractivity contribution >= 4 is 12.0 Å². The molecule has 0 aliphatic rings. The van der Waals surface area contributed by atoms with Crippen molar-refractivity contribution in [3.63, 3.8) is 0 Å². The van der Waals surface area contributed by atoms with Crippen LogP contribution in [0.25, 0.3) is 0 Å². The van der Waals surface area contributed by atoms with E-state index in [2.05, 4.69) is 12.2 Å². The molecule has 1 aromatic rings. The molecule has 0 radical (unpaired) electrons. The third kappa shape index (κ3) is 11.3. The number of hydrogen-bond donors (Lipinski definition) is 2. The van der Waals surface area contributed by atoms with Crippen LogP contribution >= 0.6 is 0 Å².